The number of fused-ring (bicyclic) bond motifs is 1. The molecule has 0 amide bonds. The largest absolute Gasteiger partial charge is 0.398 e. The van der Waals surface area contributed by atoms with E-state index in [9.17, 15) is 0 Å². The van der Waals surface area contributed by atoms with E-state index in [2.05, 4.69) is 17.2 Å². The van der Waals surface area contributed by atoms with Crippen LogP contribution in [0.5, 0.6) is 0 Å². The van der Waals surface area contributed by atoms with Gasteiger partial charge in [-0.2, -0.15) is 0 Å². The first-order valence-electron chi connectivity index (χ1n) is 7.23. The predicted molar refractivity (Wildman–Crippen MR) is 84.7 cm³/mol. The van der Waals surface area contributed by atoms with E-state index >= 15 is 0 Å². The molecule has 0 radical (unpaired) electrons. The average Bonchev–Trinajstić information content (AvgIpc) is 2.47. The van der Waals surface area contributed by atoms with Crippen LogP contribution >= 0.6 is 0 Å². The molecule has 2 rings (SSSR count). The van der Waals surface area contributed by atoms with Crippen LogP contribution in [0.1, 0.15) is 26.2 Å². The second-order valence-electron chi connectivity index (χ2n) is 5.17. The van der Waals surface area contributed by atoms with E-state index in [-0.39, 0.29) is 6.61 Å². The van der Waals surface area contributed by atoms with E-state index in [1.807, 2.05) is 24.4 Å². The molecular formula is C16H23N3O. The van der Waals surface area contributed by atoms with E-state index in [1.165, 1.54) is 0 Å². The molecule has 1 heterocycles. The first-order chi connectivity index (χ1) is 9.76. The van der Waals surface area contributed by atoms with Gasteiger partial charge in [-0.15, -0.1) is 0 Å². The maximum Gasteiger partial charge on any atom is 0.0437 e. The van der Waals surface area contributed by atoms with Gasteiger partial charge in [0.1, 0.15) is 0 Å². The van der Waals surface area contributed by atoms with Crippen molar-refractivity contribution in [3.8, 4) is 0 Å². The van der Waals surface area contributed by atoms with E-state index in [1.54, 1.807) is 6.20 Å². The van der Waals surface area contributed by atoms with Gasteiger partial charge >= 0.3 is 0 Å². The molecule has 4 heteroatoms. The summed E-state index contributed by atoms with van der Waals surface area (Å²) >= 11 is 0. The number of pyridine rings is 1. The summed E-state index contributed by atoms with van der Waals surface area (Å²) in [5, 5.41) is 14.7. The molecule has 2 aromatic rings. The Balaban J connectivity index is 2.15. The third-order valence-electron chi connectivity index (χ3n) is 3.67. The summed E-state index contributed by atoms with van der Waals surface area (Å²) in [5.41, 5.74) is 7.82. The molecule has 4 N–H and O–H groups in total. The monoisotopic (exact) mass is 273 g/mol. The van der Waals surface area contributed by atoms with Crippen molar-refractivity contribution in [3.63, 3.8) is 0 Å². The lowest BCUT2D eigenvalue weighted by Gasteiger charge is -2.18. The van der Waals surface area contributed by atoms with Crippen LogP contribution in [0.3, 0.4) is 0 Å². The maximum atomic E-state index is 9.11. The number of anilines is 2. The molecule has 1 unspecified atom stereocenters. The first kappa shape index (κ1) is 14.6. The van der Waals surface area contributed by atoms with Gasteiger partial charge < -0.3 is 16.2 Å². The molecule has 1 atom stereocenters. The molecule has 4 nitrogen and oxygen atoms in total. The van der Waals surface area contributed by atoms with Crippen LogP contribution in [0.4, 0.5) is 11.4 Å². The third kappa shape index (κ3) is 3.39. The summed E-state index contributed by atoms with van der Waals surface area (Å²) < 4.78 is 0. The number of benzene rings is 1. The summed E-state index contributed by atoms with van der Waals surface area (Å²) in [6, 6.07) is 5.86. The zero-order valence-electron chi connectivity index (χ0n) is 12.0. The molecule has 1 aromatic heterocycles. The smallest absolute Gasteiger partial charge is 0.0437 e. The highest BCUT2D eigenvalue weighted by atomic mass is 16.3. The highest BCUT2D eigenvalue weighted by Gasteiger charge is 2.09. The van der Waals surface area contributed by atoms with Crippen molar-refractivity contribution in [1.82, 2.24) is 4.98 Å². The molecule has 0 spiro atoms. The molecule has 0 aliphatic rings. The maximum absolute atomic E-state index is 9.11. The molecular weight excluding hydrogens is 250 g/mol. The standard InChI is InChI=1S/C16H23N3O/c1-2-3-12(7-9-20)10-19-16-5-4-15(17)13-6-8-18-11-14(13)16/h4-6,8,11-12,19-20H,2-3,7,9-10,17H2,1H3. The van der Waals surface area contributed by atoms with Gasteiger partial charge in [0, 0.05) is 47.7 Å². The van der Waals surface area contributed by atoms with Gasteiger partial charge in [-0.1, -0.05) is 13.3 Å². The van der Waals surface area contributed by atoms with E-state index < -0.39 is 0 Å². The first-order valence-corrected chi connectivity index (χ1v) is 7.23. The number of nitrogens with two attached hydrogens (primary N) is 1. The number of aliphatic hydroxyl groups is 1. The number of nitrogen functional groups attached to an aromatic ring is 1. The van der Waals surface area contributed by atoms with Crippen molar-refractivity contribution in [2.75, 3.05) is 24.2 Å². The fourth-order valence-corrected chi connectivity index (χ4v) is 2.56. The second-order valence-corrected chi connectivity index (χ2v) is 5.17. The van der Waals surface area contributed by atoms with Crippen LogP contribution in [0.2, 0.25) is 0 Å². The number of nitrogens with one attached hydrogen (secondary N) is 1. The normalized spacial score (nSPS) is 12.5. The van der Waals surface area contributed by atoms with Gasteiger partial charge in [-0.05, 0) is 37.0 Å². The summed E-state index contributed by atoms with van der Waals surface area (Å²) in [7, 11) is 0. The van der Waals surface area contributed by atoms with Crippen molar-refractivity contribution in [1.29, 1.82) is 0 Å². The van der Waals surface area contributed by atoms with Crippen LogP contribution in [0.25, 0.3) is 10.8 Å². The van der Waals surface area contributed by atoms with Crippen molar-refractivity contribution < 1.29 is 5.11 Å². The van der Waals surface area contributed by atoms with E-state index in [0.717, 1.165) is 48.0 Å². The Bertz CT molecular complexity index is 550. The quantitative estimate of drug-likeness (QED) is 0.678. The summed E-state index contributed by atoms with van der Waals surface area (Å²) in [5.74, 6) is 0.495. The van der Waals surface area contributed by atoms with Gasteiger partial charge in [0.2, 0.25) is 0 Å². The Hall–Kier alpha value is -1.81. The van der Waals surface area contributed by atoms with Crippen molar-refractivity contribution in [2.24, 2.45) is 5.92 Å². The molecule has 108 valence electrons. The number of rotatable bonds is 7. The van der Waals surface area contributed by atoms with Crippen LogP contribution in [-0.4, -0.2) is 23.2 Å². The summed E-state index contributed by atoms with van der Waals surface area (Å²) in [4.78, 5) is 4.18. The lowest BCUT2D eigenvalue weighted by Crippen LogP contribution is -2.16. The summed E-state index contributed by atoms with van der Waals surface area (Å²) in [6.45, 7) is 3.28. The fraction of sp³-hybridized carbons (Fsp3) is 0.438. The number of hydrogen-bond acceptors (Lipinski definition) is 4. The molecule has 0 aliphatic heterocycles. The molecule has 20 heavy (non-hydrogen) atoms. The molecule has 1 aromatic carbocycles. The Kier molecular flexibility index (Phi) is 5.18. The van der Waals surface area contributed by atoms with Crippen molar-refractivity contribution >= 4 is 22.1 Å². The molecule has 0 aliphatic carbocycles. The van der Waals surface area contributed by atoms with Crippen LogP contribution in [-0.2, 0) is 0 Å². The Morgan fingerprint density at radius 3 is 2.85 bits per heavy atom. The average molecular weight is 273 g/mol. The van der Waals surface area contributed by atoms with Gasteiger partial charge in [0.15, 0.2) is 0 Å². The van der Waals surface area contributed by atoms with Crippen molar-refractivity contribution in [2.45, 2.75) is 26.2 Å². The number of hydrogen-bond donors (Lipinski definition) is 3. The minimum absolute atomic E-state index is 0.246. The van der Waals surface area contributed by atoms with Crippen LogP contribution < -0.4 is 11.1 Å². The number of aliphatic hydroxyl groups excluding tert-OH is 1. The molecule has 0 saturated heterocycles. The van der Waals surface area contributed by atoms with Gasteiger partial charge in [-0.3, -0.25) is 4.98 Å². The van der Waals surface area contributed by atoms with Crippen LogP contribution in [0, 0.1) is 5.92 Å². The lowest BCUT2D eigenvalue weighted by molar-refractivity contribution is 0.255. The highest BCUT2D eigenvalue weighted by Crippen LogP contribution is 2.27. The van der Waals surface area contributed by atoms with Gasteiger partial charge in [-0.25, -0.2) is 0 Å². The molecule has 0 fully saturated rings. The minimum Gasteiger partial charge on any atom is -0.398 e. The van der Waals surface area contributed by atoms with Crippen LogP contribution in [0.15, 0.2) is 30.6 Å². The van der Waals surface area contributed by atoms with Gasteiger partial charge in [0.05, 0.1) is 0 Å². The van der Waals surface area contributed by atoms with Gasteiger partial charge in [0.25, 0.3) is 0 Å². The second kappa shape index (κ2) is 7.10. The zero-order chi connectivity index (χ0) is 14.4. The summed E-state index contributed by atoms with van der Waals surface area (Å²) in [6.07, 6.45) is 6.70. The fourth-order valence-electron chi connectivity index (χ4n) is 2.56. The molecule has 0 saturated carbocycles. The zero-order valence-corrected chi connectivity index (χ0v) is 12.0. The lowest BCUT2D eigenvalue weighted by atomic mass is 10.00. The minimum atomic E-state index is 0.246. The SMILES string of the molecule is CCCC(CCO)CNc1ccc(N)c2ccncc12. The van der Waals surface area contributed by atoms with E-state index in [4.69, 9.17) is 10.8 Å². The topological polar surface area (TPSA) is 71.2 Å². The number of aromatic nitrogens is 1. The Morgan fingerprint density at radius 1 is 1.25 bits per heavy atom. The molecule has 0 bridgehead atoms. The van der Waals surface area contributed by atoms with Crippen molar-refractivity contribution in [3.05, 3.63) is 30.6 Å². The highest BCUT2D eigenvalue weighted by molar-refractivity contribution is 6.00. The van der Waals surface area contributed by atoms with E-state index in [0.29, 0.717) is 5.92 Å². The third-order valence-corrected chi connectivity index (χ3v) is 3.67. The predicted octanol–water partition coefficient (Wildman–Crippen LogP) is 3.03. The number of nitrogens with zero attached hydrogens (tertiary/aromatic N) is 1. The Labute approximate surface area is 120 Å². The Morgan fingerprint density at radius 2 is 2.10 bits per heavy atom.